The van der Waals surface area contributed by atoms with Crippen LogP contribution in [-0.2, 0) is 13.5 Å². The molecular formula is C16H22BrN3. The van der Waals surface area contributed by atoms with E-state index in [4.69, 9.17) is 0 Å². The Kier molecular flexibility index (Phi) is 5.80. The maximum Gasteiger partial charge on any atom is 0.0692 e. The molecule has 0 aliphatic rings. The highest BCUT2D eigenvalue weighted by atomic mass is 79.9. The van der Waals surface area contributed by atoms with Gasteiger partial charge in [0.2, 0.25) is 0 Å². The molecule has 2 aromatic rings. The molecule has 0 aliphatic carbocycles. The van der Waals surface area contributed by atoms with Gasteiger partial charge in [-0.05, 0) is 47.3 Å². The number of halogens is 1. The third kappa shape index (κ3) is 3.93. The number of benzene rings is 1. The number of aryl methyl sites for hydroxylation is 2. The second-order valence-electron chi connectivity index (χ2n) is 4.99. The van der Waals surface area contributed by atoms with E-state index in [9.17, 15) is 0 Å². The summed E-state index contributed by atoms with van der Waals surface area (Å²) in [6.07, 6.45) is 5.27. The lowest BCUT2D eigenvalue weighted by molar-refractivity contribution is 0.465. The smallest absolute Gasteiger partial charge is 0.0692 e. The second kappa shape index (κ2) is 7.60. The molecule has 3 nitrogen and oxygen atoms in total. The maximum absolute atomic E-state index is 4.32. The van der Waals surface area contributed by atoms with Crippen LogP contribution in [0.1, 0.15) is 37.1 Å². The van der Waals surface area contributed by atoms with E-state index in [0.29, 0.717) is 6.04 Å². The Morgan fingerprint density at radius 2 is 2.05 bits per heavy atom. The van der Waals surface area contributed by atoms with Gasteiger partial charge < -0.3 is 5.32 Å². The van der Waals surface area contributed by atoms with E-state index in [1.165, 1.54) is 17.7 Å². The Balaban J connectivity index is 1.96. The Bertz CT molecular complexity index is 502. The Morgan fingerprint density at radius 3 is 2.65 bits per heavy atom. The molecule has 1 heterocycles. The summed E-state index contributed by atoms with van der Waals surface area (Å²) in [4.78, 5) is 0. The van der Waals surface area contributed by atoms with Crippen LogP contribution in [0.2, 0.25) is 0 Å². The van der Waals surface area contributed by atoms with Crippen LogP contribution < -0.4 is 5.32 Å². The van der Waals surface area contributed by atoms with Gasteiger partial charge in [0.05, 0.1) is 22.4 Å². The van der Waals surface area contributed by atoms with Crippen molar-refractivity contribution in [2.45, 2.75) is 32.2 Å². The minimum absolute atomic E-state index is 0.352. The second-order valence-corrected chi connectivity index (χ2v) is 5.84. The zero-order valence-corrected chi connectivity index (χ0v) is 13.7. The average Bonchev–Trinajstić information content (AvgIpc) is 2.79. The lowest BCUT2D eigenvalue weighted by Crippen LogP contribution is -2.23. The van der Waals surface area contributed by atoms with Crippen LogP contribution in [0.5, 0.6) is 0 Å². The van der Waals surface area contributed by atoms with Gasteiger partial charge in [0.1, 0.15) is 0 Å². The zero-order chi connectivity index (χ0) is 14.4. The van der Waals surface area contributed by atoms with Crippen molar-refractivity contribution in [3.8, 4) is 0 Å². The SMILES string of the molecule is CCNC(CCCc1ccccc1)c1c(Br)cnn1C. The van der Waals surface area contributed by atoms with E-state index in [1.54, 1.807) is 0 Å². The van der Waals surface area contributed by atoms with Crippen LogP contribution in [0.25, 0.3) is 0 Å². The van der Waals surface area contributed by atoms with Crippen LogP contribution in [0, 0.1) is 0 Å². The molecule has 4 heteroatoms. The molecule has 0 saturated heterocycles. The van der Waals surface area contributed by atoms with Crippen LogP contribution in [0.4, 0.5) is 0 Å². The highest BCUT2D eigenvalue weighted by Gasteiger charge is 2.17. The lowest BCUT2D eigenvalue weighted by Gasteiger charge is -2.19. The van der Waals surface area contributed by atoms with Gasteiger partial charge in [0, 0.05) is 7.05 Å². The quantitative estimate of drug-likeness (QED) is 0.832. The van der Waals surface area contributed by atoms with E-state index in [-0.39, 0.29) is 0 Å². The van der Waals surface area contributed by atoms with Crippen LogP contribution >= 0.6 is 15.9 Å². The van der Waals surface area contributed by atoms with Gasteiger partial charge >= 0.3 is 0 Å². The van der Waals surface area contributed by atoms with Crippen molar-refractivity contribution in [1.82, 2.24) is 15.1 Å². The predicted molar refractivity (Wildman–Crippen MR) is 86.7 cm³/mol. The topological polar surface area (TPSA) is 29.9 Å². The van der Waals surface area contributed by atoms with E-state index in [0.717, 1.165) is 23.9 Å². The van der Waals surface area contributed by atoms with Crippen molar-refractivity contribution in [1.29, 1.82) is 0 Å². The standard InChI is InChI=1S/C16H22BrN3/c1-3-18-15(16-14(17)12-19-20(16)2)11-7-10-13-8-5-4-6-9-13/h4-6,8-9,12,15,18H,3,7,10-11H2,1-2H3. The van der Waals surface area contributed by atoms with Crippen LogP contribution in [0.15, 0.2) is 41.0 Å². The number of hydrogen-bond acceptors (Lipinski definition) is 2. The first-order valence-electron chi connectivity index (χ1n) is 7.17. The third-order valence-electron chi connectivity index (χ3n) is 3.52. The molecule has 20 heavy (non-hydrogen) atoms. The molecule has 0 spiro atoms. The highest BCUT2D eigenvalue weighted by Crippen LogP contribution is 2.26. The van der Waals surface area contributed by atoms with Gasteiger partial charge in [0.15, 0.2) is 0 Å². The lowest BCUT2D eigenvalue weighted by atomic mass is 10.0. The number of aromatic nitrogens is 2. The molecule has 1 unspecified atom stereocenters. The Hall–Kier alpha value is -1.13. The number of nitrogens with zero attached hydrogens (tertiary/aromatic N) is 2. The van der Waals surface area contributed by atoms with Crippen molar-refractivity contribution in [2.75, 3.05) is 6.54 Å². The fraction of sp³-hybridized carbons (Fsp3) is 0.438. The molecule has 1 aromatic heterocycles. The third-order valence-corrected chi connectivity index (χ3v) is 4.13. The Morgan fingerprint density at radius 1 is 1.30 bits per heavy atom. The van der Waals surface area contributed by atoms with Gasteiger partial charge in [-0.25, -0.2) is 0 Å². The first-order valence-corrected chi connectivity index (χ1v) is 7.96. The van der Waals surface area contributed by atoms with Crippen LogP contribution in [0.3, 0.4) is 0 Å². The van der Waals surface area contributed by atoms with E-state index in [1.807, 2.05) is 17.9 Å². The summed E-state index contributed by atoms with van der Waals surface area (Å²) in [5.74, 6) is 0. The fourth-order valence-corrected chi connectivity index (χ4v) is 3.17. The van der Waals surface area contributed by atoms with E-state index in [2.05, 4.69) is 63.6 Å². The zero-order valence-electron chi connectivity index (χ0n) is 12.1. The van der Waals surface area contributed by atoms with E-state index >= 15 is 0 Å². The van der Waals surface area contributed by atoms with E-state index < -0.39 is 0 Å². The fourth-order valence-electron chi connectivity index (χ4n) is 2.55. The van der Waals surface area contributed by atoms with Gasteiger partial charge in [0.25, 0.3) is 0 Å². The first-order chi connectivity index (χ1) is 9.72. The summed E-state index contributed by atoms with van der Waals surface area (Å²) >= 11 is 3.60. The monoisotopic (exact) mass is 335 g/mol. The molecule has 0 amide bonds. The van der Waals surface area contributed by atoms with Crippen molar-refractivity contribution in [3.05, 3.63) is 52.3 Å². The normalized spacial score (nSPS) is 12.6. The van der Waals surface area contributed by atoms with Gasteiger partial charge in [-0.2, -0.15) is 5.10 Å². The molecule has 1 N–H and O–H groups in total. The highest BCUT2D eigenvalue weighted by molar-refractivity contribution is 9.10. The molecule has 1 aromatic carbocycles. The van der Waals surface area contributed by atoms with Gasteiger partial charge in [-0.1, -0.05) is 37.3 Å². The molecule has 108 valence electrons. The number of rotatable bonds is 7. The van der Waals surface area contributed by atoms with Crippen molar-refractivity contribution in [3.63, 3.8) is 0 Å². The molecule has 0 radical (unpaired) electrons. The minimum atomic E-state index is 0.352. The summed E-state index contributed by atoms with van der Waals surface area (Å²) < 4.78 is 3.05. The van der Waals surface area contributed by atoms with Crippen LogP contribution in [-0.4, -0.2) is 16.3 Å². The summed E-state index contributed by atoms with van der Waals surface area (Å²) in [7, 11) is 2.00. The Labute approximate surface area is 129 Å². The molecule has 0 saturated carbocycles. The largest absolute Gasteiger partial charge is 0.309 e. The summed E-state index contributed by atoms with van der Waals surface area (Å²) in [6.45, 7) is 3.11. The summed E-state index contributed by atoms with van der Waals surface area (Å²) in [5, 5.41) is 7.88. The molecule has 0 aliphatic heterocycles. The maximum atomic E-state index is 4.32. The predicted octanol–water partition coefficient (Wildman–Crippen LogP) is 3.86. The van der Waals surface area contributed by atoms with Gasteiger partial charge in [-0.15, -0.1) is 0 Å². The molecule has 2 rings (SSSR count). The first kappa shape index (κ1) is 15.3. The molecule has 0 bridgehead atoms. The molecular weight excluding hydrogens is 314 g/mol. The van der Waals surface area contributed by atoms with Gasteiger partial charge in [-0.3, -0.25) is 4.68 Å². The average molecular weight is 336 g/mol. The number of hydrogen-bond donors (Lipinski definition) is 1. The van der Waals surface area contributed by atoms with Crippen molar-refractivity contribution in [2.24, 2.45) is 7.05 Å². The minimum Gasteiger partial charge on any atom is -0.309 e. The van der Waals surface area contributed by atoms with Crippen molar-refractivity contribution < 1.29 is 0 Å². The summed E-state index contributed by atoms with van der Waals surface area (Å²) in [6, 6.07) is 11.0. The number of nitrogens with one attached hydrogen (secondary N) is 1. The van der Waals surface area contributed by atoms with Crippen molar-refractivity contribution >= 4 is 15.9 Å². The summed E-state index contributed by atoms with van der Waals surface area (Å²) in [5.41, 5.74) is 2.65. The molecule has 1 atom stereocenters. The molecule has 0 fully saturated rings.